The van der Waals surface area contributed by atoms with Crippen molar-refractivity contribution in [3.8, 4) is 0 Å². The van der Waals surface area contributed by atoms with Crippen molar-refractivity contribution in [2.24, 2.45) is 11.8 Å². The Labute approximate surface area is 230 Å². The van der Waals surface area contributed by atoms with Gasteiger partial charge in [-0.05, 0) is 98.9 Å². The summed E-state index contributed by atoms with van der Waals surface area (Å²) in [6.45, 7) is 15.8. The zero-order chi connectivity index (χ0) is 27.5. The highest BCUT2D eigenvalue weighted by Crippen LogP contribution is 2.28. The molecular formula is C29H54N4O5. The van der Waals surface area contributed by atoms with E-state index in [1.54, 1.807) is 4.90 Å². The Bertz CT molecular complexity index is 718. The highest BCUT2D eigenvalue weighted by Gasteiger charge is 2.41. The van der Waals surface area contributed by atoms with Crippen molar-refractivity contribution >= 4 is 12.1 Å². The molecule has 0 radical (unpaired) electrons. The van der Waals surface area contributed by atoms with E-state index >= 15 is 0 Å². The molecule has 0 aromatic heterocycles. The van der Waals surface area contributed by atoms with Gasteiger partial charge in [0, 0.05) is 44.2 Å². The second-order valence-electron chi connectivity index (χ2n) is 12.3. The van der Waals surface area contributed by atoms with Crippen LogP contribution in [0.15, 0.2) is 0 Å². The lowest BCUT2D eigenvalue weighted by Gasteiger charge is -2.44. The zero-order valence-electron chi connectivity index (χ0n) is 24.5. The number of hydrogen-bond acceptors (Lipinski definition) is 8. The van der Waals surface area contributed by atoms with E-state index in [9.17, 15) is 14.7 Å². The maximum Gasteiger partial charge on any atom is 0.410 e. The molecule has 0 bridgehead atoms. The third-order valence-corrected chi connectivity index (χ3v) is 8.34. The Morgan fingerprint density at radius 1 is 0.895 bits per heavy atom. The third-order valence-electron chi connectivity index (χ3n) is 8.34. The summed E-state index contributed by atoms with van der Waals surface area (Å²) in [6, 6.07) is 0.810. The minimum Gasteiger partial charge on any atom is -0.466 e. The van der Waals surface area contributed by atoms with Crippen molar-refractivity contribution in [2.45, 2.75) is 96.7 Å². The molecule has 4 fully saturated rings. The first-order valence-electron chi connectivity index (χ1n) is 15.2. The zero-order valence-corrected chi connectivity index (χ0v) is 24.5. The predicted molar refractivity (Wildman–Crippen MR) is 149 cm³/mol. The number of aliphatic hydroxyl groups excluding tert-OH is 1. The average Bonchev–Trinajstić information content (AvgIpc) is 2.93. The van der Waals surface area contributed by atoms with Gasteiger partial charge in [0.2, 0.25) is 0 Å². The maximum atomic E-state index is 12.5. The number of hydrogen-bond donors (Lipinski definition) is 2. The van der Waals surface area contributed by atoms with Crippen LogP contribution in [0.4, 0.5) is 4.79 Å². The molecule has 0 spiro atoms. The second kappa shape index (κ2) is 15.4. The van der Waals surface area contributed by atoms with Gasteiger partial charge in [-0.2, -0.15) is 0 Å². The van der Waals surface area contributed by atoms with Gasteiger partial charge in [0.15, 0.2) is 0 Å². The molecule has 1 amide bonds. The SMILES string of the molecule is CCOC(=O)C1CN(C(=O)OC(C)(C)C)CCC1N1CCCCC1.OCC1CNCCC1N1CCCCC1. The molecule has 4 aliphatic rings. The normalized spacial score (nSPS) is 29.7. The van der Waals surface area contributed by atoms with Gasteiger partial charge in [0.05, 0.1) is 12.5 Å². The Morgan fingerprint density at radius 3 is 2.05 bits per heavy atom. The second-order valence-corrected chi connectivity index (χ2v) is 12.3. The van der Waals surface area contributed by atoms with Gasteiger partial charge < -0.3 is 24.8 Å². The summed E-state index contributed by atoms with van der Waals surface area (Å²) in [5.74, 6) is -0.0208. The molecule has 220 valence electrons. The van der Waals surface area contributed by atoms with Crippen LogP contribution < -0.4 is 5.32 Å². The minimum atomic E-state index is -0.528. The Hall–Kier alpha value is -1.42. The van der Waals surface area contributed by atoms with E-state index in [2.05, 4.69) is 15.1 Å². The van der Waals surface area contributed by atoms with E-state index in [0.717, 1.165) is 32.6 Å². The number of carbonyl (C=O) groups excluding carboxylic acids is 2. The number of carbonyl (C=O) groups is 2. The van der Waals surface area contributed by atoms with Crippen molar-refractivity contribution in [2.75, 3.05) is 65.6 Å². The molecule has 9 heteroatoms. The van der Waals surface area contributed by atoms with Gasteiger partial charge in [0.1, 0.15) is 5.60 Å². The van der Waals surface area contributed by atoms with Gasteiger partial charge >= 0.3 is 12.1 Å². The van der Waals surface area contributed by atoms with E-state index < -0.39 is 5.60 Å². The number of ether oxygens (including phenoxy) is 2. The first-order chi connectivity index (χ1) is 18.2. The molecule has 4 unspecified atom stereocenters. The highest BCUT2D eigenvalue weighted by atomic mass is 16.6. The fourth-order valence-electron chi connectivity index (χ4n) is 6.43. The quantitative estimate of drug-likeness (QED) is 0.516. The summed E-state index contributed by atoms with van der Waals surface area (Å²) < 4.78 is 10.8. The van der Waals surface area contributed by atoms with E-state index in [1.807, 2.05) is 27.7 Å². The van der Waals surface area contributed by atoms with Crippen molar-refractivity contribution in [1.29, 1.82) is 0 Å². The molecule has 0 aromatic rings. The summed E-state index contributed by atoms with van der Waals surface area (Å²) in [6.07, 6.45) is 9.39. The fraction of sp³-hybridized carbons (Fsp3) is 0.931. The van der Waals surface area contributed by atoms with Crippen LogP contribution in [0.25, 0.3) is 0 Å². The maximum absolute atomic E-state index is 12.5. The number of piperidine rings is 4. The number of rotatable bonds is 5. The van der Waals surface area contributed by atoms with Crippen molar-refractivity contribution in [3.05, 3.63) is 0 Å². The lowest BCUT2D eigenvalue weighted by molar-refractivity contribution is -0.153. The number of aliphatic hydroxyl groups is 1. The lowest BCUT2D eigenvalue weighted by Crippen LogP contribution is -2.56. The molecule has 38 heavy (non-hydrogen) atoms. The molecule has 2 N–H and O–H groups in total. The first kappa shape index (κ1) is 31.1. The summed E-state index contributed by atoms with van der Waals surface area (Å²) in [7, 11) is 0. The molecule has 0 aromatic carbocycles. The molecule has 9 nitrogen and oxygen atoms in total. The number of esters is 1. The predicted octanol–water partition coefficient (Wildman–Crippen LogP) is 3.10. The summed E-state index contributed by atoms with van der Waals surface area (Å²) in [4.78, 5) is 31.5. The molecule has 4 heterocycles. The Balaban J connectivity index is 0.000000241. The number of likely N-dealkylation sites (tertiary alicyclic amines) is 3. The van der Waals surface area contributed by atoms with Crippen LogP contribution in [0.1, 0.15) is 79.1 Å². The van der Waals surface area contributed by atoms with Gasteiger partial charge in [-0.1, -0.05) is 12.8 Å². The minimum absolute atomic E-state index is 0.169. The van der Waals surface area contributed by atoms with Crippen LogP contribution in [0.2, 0.25) is 0 Å². The van der Waals surface area contributed by atoms with Crippen molar-refractivity contribution < 1.29 is 24.2 Å². The van der Waals surface area contributed by atoms with Crippen LogP contribution in [0, 0.1) is 11.8 Å². The molecular weight excluding hydrogens is 484 g/mol. The average molecular weight is 539 g/mol. The Kier molecular flexibility index (Phi) is 12.6. The third kappa shape index (κ3) is 9.35. The molecule has 0 aliphatic carbocycles. The Morgan fingerprint density at radius 2 is 1.50 bits per heavy atom. The summed E-state index contributed by atoms with van der Waals surface area (Å²) in [5.41, 5.74) is -0.528. The lowest BCUT2D eigenvalue weighted by atomic mass is 9.89. The van der Waals surface area contributed by atoms with E-state index in [1.165, 1.54) is 58.0 Å². The summed E-state index contributed by atoms with van der Waals surface area (Å²) >= 11 is 0. The van der Waals surface area contributed by atoms with Crippen LogP contribution in [0.5, 0.6) is 0 Å². The summed E-state index contributed by atoms with van der Waals surface area (Å²) in [5, 5.41) is 12.7. The topological polar surface area (TPSA) is 94.6 Å². The van der Waals surface area contributed by atoms with Crippen LogP contribution in [0.3, 0.4) is 0 Å². The number of nitrogens with one attached hydrogen (secondary N) is 1. The standard InChI is InChI=1S/C18H32N2O4.C11H22N2O/c1-5-23-16(21)14-13-20(17(22)24-18(2,3)4)12-9-15(14)19-10-7-6-8-11-19;14-9-10-8-12-5-4-11(10)13-6-2-1-3-7-13/h14-15H,5-13H2,1-4H3;10-12,14H,1-9H2. The van der Waals surface area contributed by atoms with Crippen molar-refractivity contribution in [3.63, 3.8) is 0 Å². The molecule has 4 aliphatic heterocycles. The molecule has 4 saturated heterocycles. The monoisotopic (exact) mass is 538 g/mol. The van der Waals surface area contributed by atoms with Crippen LogP contribution in [-0.4, -0.2) is 115 Å². The van der Waals surface area contributed by atoms with E-state index in [4.69, 9.17) is 9.47 Å². The van der Waals surface area contributed by atoms with Gasteiger partial charge in [-0.25, -0.2) is 4.79 Å². The number of amides is 1. The van der Waals surface area contributed by atoms with E-state index in [0.29, 0.717) is 38.3 Å². The van der Waals surface area contributed by atoms with Gasteiger partial charge in [-0.15, -0.1) is 0 Å². The molecule has 4 rings (SSSR count). The van der Waals surface area contributed by atoms with E-state index in [-0.39, 0.29) is 24.0 Å². The van der Waals surface area contributed by atoms with Crippen LogP contribution in [-0.2, 0) is 14.3 Å². The van der Waals surface area contributed by atoms with Gasteiger partial charge in [0.25, 0.3) is 0 Å². The van der Waals surface area contributed by atoms with Crippen molar-refractivity contribution in [1.82, 2.24) is 20.0 Å². The largest absolute Gasteiger partial charge is 0.466 e. The molecule has 0 saturated carbocycles. The first-order valence-corrected chi connectivity index (χ1v) is 15.2. The molecule has 4 atom stereocenters. The smallest absolute Gasteiger partial charge is 0.410 e. The van der Waals surface area contributed by atoms with Gasteiger partial charge in [-0.3, -0.25) is 14.6 Å². The number of nitrogens with zero attached hydrogens (tertiary/aromatic N) is 3. The fourth-order valence-corrected chi connectivity index (χ4v) is 6.43. The van der Waals surface area contributed by atoms with Crippen LogP contribution >= 0.6 is 0 Å². The highest BCUT2D eigenvalue weighted by molar-refractivity contribution is 5.76.